The highest BCUT2D eigenvalue weighted by atomic mass is 79.9. The van der Waals surface area contributed by atoms with Crippen LogP contribution in [0.5, 0.6) is 5.88 Å². The van der Waals surface area contributed by atoms with Crippen LogP contribution in [0.15, 0.2) is 33.5 Å². The van der Waals surface area contributed by atoms with Gasteiger partial charge in [0.05, 0.1) is 20.1 Å². The van der Waals surface area contributed by atoms with Gasteiger partial charge in [0.15, 0.2) is 6.61 Å². The number of aromatic carboxylic acids is 2. The van der Waals surface area contributed by atoms with E-state index in [0.29, 0.717) is 4.47 Å². The van der Waals surface area contributed by atoms with Crippen LogP contribution in [-0.2, 0) is 0 Å². The Kier molecular flexibility index (Phi) is 8.44. The topological polar surface area (TPSA) is 110 Å². The number of ether oxygens (including phenoxy) is 1. The van der Waals surface area contributed by atoms with Crippen molar-refractivity contribution in [3.63, 3.8) is 0 Å². The first-order valence-electron chi connectivity index (χ1n) is 6.53. The SMILES string of the molecule is O=C(O)c1cnc(Cl)c(Br)c1.O=C(O)c1cnc(OCC(F)(F)F)c(Br)c1. The Morgan fingerprint density at radius 1 is 1.04 bits per heavy atom. The van der Waals surface area contributed by atoms with Gasteiger partial charge in [0.25, 0.3) is 0 Å². The second-order valence-corrected chi connectivity index (χ2v) is 6.59. The predicted molar refractivity (Wildman–Crippen MR) is 94.4 cm³/mol. The van der Waals surface area contributed by atoms with Crippen LogP contribution >= 0.6 is 43.5 Å². The Balaban J connectivity index is 0.000000289. The summed E-state index contributed by atoms with van der Waals surface area (Å²) in [5.41, 5.74) is -0.0347. The largest absolute Gasteiger partial charge is 0.478 e. The highest BCUT2D eigenvalue weighted by Crippen LogP contribution is 2.25. The molecule has 0 aliphatic carbocycles. The molecule has 2 rings (SSSR count). The minimum atomic E-state index is -4.47. The lowest BCUT2D eigenvalue weighted by Crippen LogP contribution is -2.19. The molecule has 2 heterocycles. The van der Waals surface area contributed by atoms with E-state index in [9.17, 15) is 22.8 Å². The summed E-state index contributed by atoms with van der Waals surface area (Å²) in [5.74, 6) is -2.55. The third-order valence-corrected chi connectivity index (χ3v) is 4.17. The molecule has 0 aliphatic rings. The lowest BCUT2D eigenvalue weighted by atomic mass is 10.3. The monoisotopic (exact) mass is 534 g/mol. The summed E-state index contributed by atoms with van der Waals surface area (Å²) in [6.45, 7) is -1.48. The van der Waals surface area contributed by atoms with Gasteiger partial charge in [-0.2, -0.15) is 13.2 Å². The third-order valence-electron chi connectivity index (χ3n) is 2.47. The van der Waals surface area contributed by atoms with Gasteiger partial charge in [-0.3, -0.25) is 0 Å². The van der Waals surface area contributed by atoms with E-state index in [0.717, 1.165) is 12.3 Å². The van der Waals surface area contributed by atoms with E-state index in [1.807, 2.05) is 0 Å². The number of hydrogen-bond donors (Lipinski definition) is 2. The average molecular weight is 536 g/mol. The minimum absolute atomic E-state index is 0.0525. The van der Waals surface area contributed by atoms with Gasteiger partial charge in [0, 0.05) is 12.4 Å². The Morgan fingerprint density at radius 3 is 1.93 bits per heavy atom. The molecule has 0 aromatic carbocycles. The zero-order valence-electron chi connectivity index (χ0n) is 12.8. The van der Waals surface area contributed by atoms with Gasteiger partial charge in [-0.1, -0.05) is 11.6 Å². The van der Waals surface area contributed by atoms with Gasteiger partial charge in [0.2, 0.25) is 5.88 Å². The van der Waals surface area contributed by atoms with Gasteiger partial charge in [-0.05, 0) is 44.0 Å². The Hall–Kier alpha value is -1.92. The molecule has 2 aromatic rings. The van der Waals surface area contributed by atoms with Crippen molar-refractivity contribution >= 4 is 55.4 Å². The van der Waals surface area contributed by atoms with Crippen molar-refractivity contribution < 1.29 is 37.7 Å². The maximum absolute atomic E-state index is 11.8. The van der Waals surface area contributed by atoms with Gasteiger partial charge in [-0.25, -0.2) is 19.6 Å². The lowest BCUT2D eigenvalue weighted by Gasteiger charge is -2.09. The summed E-state index contributed by atoms with van der Waals surface area (Å²) in [4.78, 5) is 28.0. The number of aromatic nitrogens is 2. The molecule has 0 unspecified atom stereocenters. The number of carboxylic acid groups (broad SMARTS) is 2. The molecule has 2 aromatic heterocycles. The van der Waals surface area contributed by atoms with Crippen LogP contribution in [0.1, 0.15) is 20.7 Å². The first kappa shape index (κ1) is 23.1. The van der Waals surface area contributed by atoms with Crippen molar-refractivity contribution in [2.24, 2.45) is 0 Å². The smallest absolute Gasteiger partial charge is 0.422 e. The van der Waals surface area contributed by atoms with E-state index in [1.54, 1.807) is 0 Å². The number of halogens is 6. The van der Waals surface area contributed by atoms with Crippen LogP contribution < -0.4 is 4.74 Å². The van der Waals surface area contributed by atoms with E-state index >= 15 is 0 Å². The molecule has 7 nitrogen and oxygen atoms in total. The van der Waals surface area contributed by atoms with Crippen molar-refractivity contribution in [1.82, 2.24) is 9.97 Å². The van der Waals surface area contributed by atoms with Crippen molar-refractivity contribution in [3.8, 4) is 5.88 Å². The number of carboxylic acids is 2. The number of pyridine rings is 2. The van der Waals surface area contributed by atoms with E-state index in [2.05, 4.69) is 46.6 Å². The molecular weight excluding hydrogens is 528 g/mol. The summed E-state index contributed by atoms with van der Waals surface area (Å²) in [7, 11) is 0. The van der Waals surface area contributed by atoms with Crippen molar-refractivity contribution in [2.75, 3.05) is 6.61 Å². The highest BCUT2D eigenvalue weighted by molar-refractivity contribution is 9.10. The van der Waals surface area contributed by atoms with Crippen molar-refractivity contribution in [3.05, 3.63) is 49.8 Å². The van der Waals surface area contributed by atoms with Gasteiger partial charge in [-0.15, -0.1) is 0 Å². The summed E-state index contributed by atoms with van der Waals surface area (Å²) >= 11 is 11.5. The number of rotatable bonds is 4. The van der Waals surface area contributed by atoms with Crippen molar-refractivity contribution in [1.29, 1.82) is 0 Å². The van der Waals surface area contributed by atoms with Gasteiger partial charge < -0.3 is 14.9 Å². The Bertz CT molecular complexity index is 852. The van der Waals surface area contributed by atoms with Crippen LogP contribution in [0.25, 0.3) is 0 Å². The van der Waals surface area contributed by atoms with Crippen LogP contribution in [0.4, 0.5) is 13.2 Å². The molecule has 0 saturated carbocycles. The quantitative estimate of drug-likeness (QED) is 0.546. The average Bonchev–Trinajstić information content (AvgIpc) is 2.55. The molecule has 0 saturated heterocycles. The van der Waals surface area contributed by atoms with E-state index in [4.69, 9.17) is 21.8 Å². The molecule has 13 heteroatoms. The molecule has 0 atom stereocenters. The molecule has 0 amide bonds. The maximum Gasteiger partial charge on any atom is 0.422 e. The third kappa shape index (κ3) is 8.10. The molecule has 27 heavy (non-hydrogen) atoms. The van der Waals surface area contributed by atoms with Crippen LogP contribution in [-0.4, -0.2) is 44.9 Å². The van der Waals surface area contributed by atoms with Crippen LogP contribution in [0, 0.1) is 0 Å². The number of carbonyl (C=O) groups is 2. The standard InChI is InChI=1S/C8H5BrF3NO3.C6H3BrClNO2/c9-5-1-4(7(14)15)2-13-6(5)16-3-8(10,11)12;7-4-1-3(6(10)11)2-9-5(4)8/h1-2H,3H2,(H,14,15);1-2H,(H,10,11). The van der Waals surface area contributed by atoms with Gasteiger partial charge >= 0.3 is 18.1 Å². The van der Waals surface area contributed by atoms with E-state index < -0.39 is 24.7 Å². The summed E-state index contributed by atoms with van der Waals surface area (Å²) in [6, 6.07) is 2.51. The fraction of sp³-hybridized carbons (Fsp3) is 0.143. The molecule has 2 N–H and O–H groups in total. The summed E-state index contributed by atoms with van der Waals surface area (Å²) < 4.78 is 40.4. The van der Waals surface area contributed by atoms with Crippen LogP contribution in [0.3, 0.4) is 0 Å². The zero-order valence-corrected chi connectivity index (χ0v) is 16.7. The molecule has 0 bridgehead atoms. The first-order valence-corrected chi connectivity index (χ1v) is 8.50. The van der Waals surface area contributed by atoms with Crippen molar-refractivity contribution in [2.45, 2.75) is 6.18 Å². The fourth-order valence-electron chi connectivity index (χ4n) is 1.34. The van der Waals surface area contributed by atoms with E-state index in [-0.39, 0.29) is 26.6 Å². The maximum atomic E-state index is 11.8. The zero-order chi connectivity index (χ0) is 20.8. The number of hydrogen-bond acceptors (Lipinski definition) is 5. The predicted octanol–water partition coefficient (Wildman–Crippen LogP) is 4.68. The molecule has 0 spiro atoms. The second kappa shape index (κ2) is 9.85. The fourth-order valence-corrected chi connectivity index (χ4v) is 2.25. The Labute approximate surface area is 171 Å². The van der Waals surface area contributed by atoms with Crippen LogP contribution in [0.2, 0.25) is 5.15 Å². The number of nitrogens with zero attached hydrogens (tertiary/aromatic N) is 2. The summed E-state index contributed by atoms with van der Waals surface area (Å²) in [5, 5.41) is 17.3. The normalized spacial score (nSPS) is 10.6. The first-order chi connectivity index (χ1) is 12.4. The molecule has 0 radical (unpaired) electrons. The van der Waals surface area contributed by atoms with E-state index in [1.165, 1.54) is 12.3 Å². The molecular formula is C14H8Br2ClF3N2O5. The molecule has 0 aliphatic heterocycles. The van der Waals surface area contributed by atoms with Gasteiger partial charge in [0.1, 0.15) is 5.15 Å². The lowest BCUT2D eigenvalue weighted by molar-refractivity contribution is -0.154. The molecule has 146 valence electrons. The summed E-state index contributed by atoms with van der Waals surface area (Å²) in [6.07, 6.45) is -2.35. The Morgan fingerprint density at radius 2 is 1.52 bits per heavy atom. The molecule has 0 fully saturated rings. The highest BCUT2D eigenvalue weighted by Gasteiger charge is 2.29. The number of alkyl halides is 3. The minimum Gasteiger partial charge on any atom is -0.478 e. The second-order valence-electron chi connectivity index (χ2n) is 4.52.